The molecule has 2 saturated heterocycles. The molecule has 0 saturated carbocycles. The molecule has 7 nitrogen and oxygen atoms in total. The van der Waals surface area contributed by atoms with Crippen molar-refractivity contribution in [3.8, 4) is 11.3 Å². The lowest BCUT2D eigenvalue weighted by Gasteiger charge is -2.53. The summed E-state index contributed by atoms with van der Waals surface area (Å²) in [6.45, 7) is 7.31. The summed E-state index contributed by atoms with van der Waals surface area (Å²) in [5.74, 6) is -0.668. The number of ether oxygens (including phenoxy) is 1. The number of likely N-dealkylation sites (tertiary alicyclic amines) is 1. The maximum absolute atomic E-state index is 15.9. The number of anilines is 1. The van der Waals surface area contributed by atoms with Crippen LogP contribution in [0.4, 0.5) is 19.4 Å². The van der Waals surface area contributed by atoms with Gasteiger partial charge >= 0.3 is 6.09 Å². The summed E-state index contributed by atoms with van der Waals surface area (Å²) in [5, 5.41) is 1.44. The second-order valence-electron chi connectivity index (χ2n) is 11.0. The Kier molecular flexibility index (Phi) is 5.68. The minimum atomic E-state index is -0.634. The molecule has 0 atom stereocenters. The number of halogens is 3. The number of rotatable bonds is 2. The molecule has 196 valence electrons. The van der Waals surface area contributed by atoms with E-state index in [2.05, 4.69) is 15.0 Å². The molecule has 0 aliphatic carbocycles. The Labute approximate surface area is 223 Å². The molecule has 0 radical (unpaired) electrons. The molecule has 2 aliphatic heterocycles. The molecular weight excluding hydrogens is 512 g/mol. The molecule has 0 unspecified atom stereocenters. The number of benzene rings is 2. The molecule has 1 spiro atoms. The van der Waals surface area contributed by atoms with Gasteiger partial charge < -0.3 is 9.64 Å². The molecule has 1 amide bonds. The molecule has 38 heavy (non-hydrogen) atoms. The molecule has 0 N–H and O–H groups in total. The zero-order valence-corrected chi connectivity index (χ0v) is 22.0. The maximum atomic E-state index is 15.9. The van der Waals surface area contributed by atoms with Crippen LogP contribution in [0.1, 0.15) is 33.6 Å². The first-order chi connectivity index (χ1) is 18.1. The zero-order valence-electron chi connectivity index (χ0n) is 21.3. The van der Waals surface area contributed by atoms with Crippen LogP contribution in [0.5, 0.6) is 0 Å². The van der Waals surface area contributed by atoms with Gasteiger partial charge in [0, 0.05) is 36.8 Å². The lowest BCUT2D eigenvalue weighted by Crippen LogP contribution is -2.69. The van der Waals surface area contributed by atoms with Gasteiger partial charge in [0.25, 0.3) is 0 Å². The summed E-state index contributed by atoms with van der Waals surface area (Å²) in [6, 6.07) is 8.08. The van der Waals surface area contributed by atoms with Crippen molar-refractivity contribution in [2.24, 2.45) is 0 Å². The van der Waals surface area contributed by atoms with Crippen LogP contribution in [-0.4, -0.2) is 56.7 Å². The Morgan fingerprint density at radius 2 is 1.89 bits per heavy atom. The van der Waals surface area contributed by atoms with E-state index < -0.39 is 17.2 Å². The average Bonchev–Trinajstić information content (AvgIpc) is 3.30. The first kappa shape index (κ1) is 24.7. The van der Waals surface area contributed by atoms with Gasteiger partial charge in [-0.25, -0.2) is 23.5 Å². The molecule has 2 fully saturated rings. The van der Waals surface area contributed by atoms with E-state index in [1.807, 2.05) is 30.6 Å². The Hall–Kier alpha value is -3.59. The highest BCUT2D eigenvalue weighted by molar-refractivity contribution is 6.36. The molecule has 2 aromatic heterocycles. The Morgan fingerprint density at radius 3 is 2.66 bits per heavy atom. The highest BCUT2D eigenvalue weighted by Gasteiger charge is 2.53. The standard InChI is InChI=1S/C28H26ClF2N5O2/c1-27(2,3)38-26(37)36-11-5-10-28(36)13-35(14-28)25-18-12-32-23(22(31)24(18)33-15-34-25)17-7-4-6-16-8-9-19(30)21(29)20(16)17/h4,6-9,12,15H,5,10-11,13-14H2,1-3H3. The van der Waals surface area contributed by atoms with Crippen molar-refractivity contribution < 1.29 is 18.3 Å². The van der Waals surface area contributed by atoms with Gasteiger partial charge in [0.2, 0.25) is 0 Å². The van der Waals surface area contributed by atoms with E-state index in [1.54, 1.807) is 30.5 Å². The van der Waals surface area contributed by atoms with Crippen LogP contribution in [0.15, 0.2) is 42.9 Å². The Morgan fingerprint density at radius 1 is 1.11 bits per heavy atom. The normalized spacial score (nSPS) is 16.9. The zero-order chi connectivity index (χ0) is 26.8. The quantitative estimate of drug-likeness (QED) is 0.296. The van der Waals surface area contributed by atoms with Crippen molar-refractivity contribution >= 4 is 45.2 Å². The predicted octanol–water partition coefficient (Wildman–Crippen LogP) is 6.37. The third-order valence-corrected chi connectivity index (χ3v) is 7.64. The van der Waals surface area contributed by atoms with Gasteiger partial charge in [0.15, 0.2) is 5.82 Å². The molecule has 2 aliphatic rings. The number of hydrogen-bond donors (Lipinski definition) is 0. The maximum Gasteiger partial charge on any atom is 0.410 e. The Bertz CT molecular complexity index is 1600. The number of amides is 1. The first-order valence-corrected chi connectivity index (χ1v) is 12.9. The topological polar surface area (TPSA) is 71.5 Å². The van der Waals surface area contributed by atoms with E-state index in [9.17, 15) is 9.18 Å². The fourth-order valence-corrected chi connectivity index (χ4v) is 5.88. The summed E-state index contributed by atoms with van der Waals surface area (Å²) in [4.78, 5) is 29.8. The number of carbonyl (C=O) groups excluding carboxylic acids is 1. The van der Waals surface area contributed by atoms with Crippen molar-refractivity contribution in [1.82, 2.24) is 19.9 Å². The van der Waals surface area contributed by atoms with Gasteiger partial charge in [-0.15, -0.1) is 0 Å². The van der Waals surface area contributed by atoms with Crippen LogP contribution >= 0.6 is 11.6 Å². The monoisotopic (exact) mass is 537 g/mol. The Balaban J connectivity index is 1.35. The predicted molar refractivity (Wildman–Crippen MR) is 142 cm³/mol. The second kappa shape index (κ2) is 8.73. The number of hydrogen-bond acceptors (Lipinski definition) is 6. The molecule has 4 aromatic rings. The number of pyridine rings is 1. The smallest absolute Gasteiger partial charge is 0.410 e. The van der Waals surface area contributed by atoms with Crippen LogP contribution in [0.2, 0.25) is 5.02 Å². The summed E-state index contributed by atoms with van der Waals surface area (Å²) in [5.41, 5.74) is -0.384. The molecule has 10 heteroatoms. The van der Waals surface area contributed by atoms with E-state index in [4.69, 9.17) is 16.3 Å². The van der Waals surface area contributed by atoms with Crippen molar-refractivity contribution in [3.63, 3.8) is 0 Å². The minimum Gasteiger partial charge on any atom is -0.444 e. The van der Waals surface area contributed by atoms with E-state index in [1.165, 1.54) is 12.4 Å². The lowest BCUT2D eigenvalue weighted by atomic mass is 9.87. The second-order valence-corrected chi connectivity index (χ2v) is 11.3. The molecule has 0 bridgehead atoms. The first-order valence-electron chi connectivity index (χ1n) is 12.5. The number of fused-ring (bicyclic) bond motifs is 2. The third kappa shape index (κ3) is 3.91. The molecule has 2 aromatic carbocycles. The van der Waals surface area contributed by atoms with Crippen LogP contribution in [0, 0.1) is 11.6 Å². The van der Waals surface area contributed by atoms with Gasteiger partial charge in [-0.05, 0) is 45.1 Å². The lowest BCUT2D eigenvalue weighted by molar-refractivity contribution is 0.00228. The van der Waals surface area contributed by atoms with Gasteiger partial charge in [0.05, 0.1) is 15.9 Å². The third-order valence-electron chi connectivity index (χ3n) is 7.27. The molecule has 6 rings (SSSR count). The highest BCUT2D eigenvalue weighted by atomic mass is 35.5. The van der Waals surface area contributed by atoms with E-state index in [0.29, 0.717) is 47.2 Å². The van der Waals surface area contributed by atoms with Crippen molar-refractivity contribution in [2.45, 2.75) is 44.8 Å². The highest BCUT2D eigenvalue weighted by Crippen LogP contribution is 2.43. The van der Waals surface area contributed by atoms with Crippen LogP contribution in [-0.2, 0) is 4.74 Å². The average molecular weight is 538 g/mol. The number of carbonyl (C=O) groups is 1. The van der Waals surface area contributed by atoms with E-state index in [-0.39, 0.29) is 27.9 Å². The fourth-order valence-electron chi connectivity index (χ4n) is 5.61. The number of aromatic nitrogens is 3. The van der Waals surface area contributed by atoms with Gasteiger partial charge in [-0.1, -0.05) is 35.9 Å². The summed E-state index contributed by atoms with van der Waals surface area (Å²) in [7, 11) is 0. The van der Waals surface area contributed by atoms with E-state index >= 15 is 4.39 Å². The minimum absolute atomic E-state index is 0.0345. The van der Waals surface area contributed by atoms with Gasteiger partial charge in [0.1, 0.15) is 34.8 Å². The van der Waals surface area contributed by atoms with Crippen molar-refractivity contribution in [3.05, 3.63) is 59.5 Å². The summed E-state index contributed by atoms with van der Waals surface area (Å²) in [6.07, 6.45) is 4.31. The molecule has 4 heterocycles. The van der Waals surface area contributed by atoms with Crippen LogP contribution < -0.4 is 4.90 Å². The van der Waals surface area contributed by atoms with Gasteiger partial charge in [-0.2, -0.15) is 0 Å². The van der Waals surface area contributed by atoms with E-state index in [0.717, 1.165) is 12.8 Å². The largest absolute Gasteiger partial charge is 0.444 e. The van der Waals surface area contributed by atoms with Crippen molar-refractivity contribution in [2.75, 3.05) is 24.5 Å². The summed E-state index contributed by atoms with van der Waals surface area (Å²) >= 11 is 6.28. The summed E-state index contributed by atoms with van der Waals surface area (Å²) < 4.78 is 35.8. The van der Waals surface area contributed by atoms with Crippen LogP contribution in [0.25, 0.3) is 32.9 Å². The fraction of sp³-hybridized carbons (Fsp3) is 0.357. The van der Waals surface area contributed by atoms with Gasteiger partial charge in [-0.3, -0.25) is 9.88 Å². The SMILES string of the molecule is CC(C)(C)OC(=O)N1CCCC12CN(c1ncnc3c(F)c(-c4cccc5ccc(F)c(Cl)c45)ncc13)C2. The van der Waals surface area contributed by atoms with Crippen molar-refractivity contribution in [1.29, 1.82) is 0 Å². The van der Waals surface area contributed by atoms with Crippen LogP contribution in [0.3, 0.4) is 0 Å². The molecular formula is C28H26ClF2N5O2. The number of nitrogens with zero attached hydrogens (tertiary/aromatic N) is 5.